The van der Waals surface area contributed by atoms with Crippen molar-refractivity contribution in [1.29, 1.82) is 0 Å². The van der Waals surface area contributed by atoms with Gasteiger partial charge < -0.3 is 14.1 Å². The molecule has 178 valence electrons. The summed E-state index contributed by atoms with van der Waals surface area (Å²) in [5.74, 6) is 0.640. The standard InChI is InChI=1S/C27H28ClNO4S/c1-3-29(4-2)18-7-19-32-22-14-16-23(17-15-22)34(30,31)27-26(20-10-12-21(28)13-11-20)24-8-5-6-9-25(24)33-27/h5-6,8-17H,3-4,7,18-19H2,1-2H3. The molecule has 1 aromatic heterocycles. The van der Waals surface area contributed by atoms with Crippen molar-refractivity contribution in [3.63, 3.8) is 0 Å². The van der Waals surface area contributed by atoms with Gasteiger partial charge in [0.25, 0.3) is 0 Å². The SMILES string of the molecule is CCN(CC)CCCOc1ccc(S(=O)(=O)c2oc3ccccc3c2-c2ccc(Cl)cc2)cc1. The van der Waals surface area contributed by atoms with Gasteiger partial charge in [0.15, 0.2) is 0 Å². The van der Waals surface area contributed by atoms with Crippen molar-refractivity contribution in [1.82, 2.24) is 4.90 Å². The molecule has 4 aromatic rings. The topological polar surface area (TPSA) is 59.8 Å². The van der Waals surface area contributed by atoms with Crippen molar-refractivity contribution >= 4 is 32.4 Å². The molecule has 0 radical (unpaired) electrons. The average molecular weight is 498 g/mol. The minimum Gasteiger partial charge on any atom is -0.494 e. The zero-order chi connectivity index (χ0) is 24.1. The van der Waals surface area contributed by atoms with Crippen LogP contribution in [0.25, 0.3) is 22.1 Å². The Morgan fingerprint density at radius 2 is 1.59 bits per heavy atom. The number of nitrogens with zero attached hydrogens (tertiary/aromatic N) is 1. The first kappa shape index (κ1) is 24.3. The third-order valence-corrected chi connectivity index (χ3v) is 7.78. The first-order valence-corrected chi connectivity index (χ1v) is 13.3. The quantitative estimate of drug-likeness (QED) is 0.228. The molecule has 0 saturated carbocycles. The minimum absolute atomic E-state index is 0.0797. The summed E-state index contributed by atoms with van der Waals surface area (Å²) >= 11 is 6.05. The van der Waals surface area contributed by atoms with E-state index in [9.17, 15) is 8.42 Å². The molecular formula is C27H28ClNO4S. The Morgan fingerprint density at radius 3 is 2.26 bits per heavy atom. The fourth-order valence-electron chi connectivity index (χ4n) is 3.94. The Kier molecular flexibility index (Phi) is 7.61. The first-order valence-electron chi connectivity index (χ1n) is 11.4. The number of halogens is 1. The number of benzene rings is 3. The second-order valence-electron chi connectivity index (χ2n) is 7.97. The number of rotatable bonds is 10. The van der Waals surface area contributed by atoms with E-state index in [1.165, 1.54) is 0 Å². The highest BCUT2D eigenvalue weighted by Gasteiger charge is 2.29. The molecular weight excluding hydrogens is 470 g/mol. The third-order valence-electron chi connectivity index (χ3n) is 5.86. The third kappa shape index (κ3) is 5.14. The van der Waals surface area contributed by atoms with Crippen molar-refractivity contribution in [3.05, 3.63) is 77.8 Å². The van der Waals surface area contributed by atoms with Crippen LogP contribution < -0.4 is 4.74 Å². The van der Waals surface area contributed by atoms with Crippen LogP contribution in [-0.4, -0.2) is 39.6 Å². The molecule has 1 heterocycles. The van der Waals surface area contributed by atoms with Gasteiger partial charge in [-0.1, -0.05) is 55.8 Å². The number of furan rings is 1. The molecule has 0 atom stereocenters. The molecule has 0 unspecified atom stereocenters. The predicted molar refractivity (Wildman–Crippen MR) is 136 cm³/mol. The lowest BCUT2D eigenvalue weighted by Gasteiger charge is -2.17. The fourth-order valence-corrected chi connectivity index (χ4v) is 5.47. The first-order chi connectivity index (χ1) is 16.4. The van der Waals surface area contributed by atoms with Crippen LogP contribution in [0.1, 0.15) is 20.3 Å². The van der Waals surface area contributed by atoms with Crippen LogP contribution in [0.4, 0.5) is 0 Å². The molecule has 34 heavy (non-hydrogen) atoms. The summed E-state index contributed by atoms with van der Waals surface area (Å²) in [6.45, 7) is 7.87. The molecule has 0 fully saturated rings. The summed E-state index contributed by atoms with van der Waals surface area (Å²) in [6, 6.07) is 20.9. The predicted octanol–water partition coefficient (Wildman–Crippen LogP) is 6.70. The average Bonchev–Trinajstić information content (AvgIpc) is 3.25. The summed E-state index contributed by atoms with van der Waals surface area (Å²) in [4.78, 5) is 2.49. The van der Waals surface area contributed by atoms with E-state index >= 15 is 0 Å². The lowest BCUT2D eigenvalue weighted by molar-refractivity contribution is 0.249. The van der Waals surface area contributed by atoms with E-state index in [4.69, 9.17) is 20.8 Å². The number of ether oxygens (including phenoxy) is 1. The van der Waals surface area contributed by atoms with E-state index in [0.717, 1.165) is 37.0 Å². The molecule has 4 rings (SSSR count). The van der Waals surface area contributed by atoms with Gasteiger partial charge in [0.2, 0.25) is 14.9 Å². The van der Waals surface area contributed by atoms with Gasteiger partial charge in [0.05, 0.1) is 11.5 Å². The van der Waals surface area contributed by atoms with E-state index in [2.05, 4.69) is 18.7 Å². The van der Waals surface area contributed by atoms with Gasteiger partial charge in [-0.15, -0.1) is 0 Å². The molecule has 0 bridgehead atoms. The van der Waals surface area contributed by atoms with Gasteiger partial charge in [-0.05, 0) is 67.5 Å². The van der Waals surface area contributed by atoms with Crippen LogP contribution >= 0.6 is 11.6 Å². The van der Waals surface area contributed by atoms with Crippen LogP contribution in [0.15, 0.2) is 87.2 Å². The maximum atomic E-state index is 13.6. The largest absolute Gasteiger partial charge is 0.494 e. The van der Waals surface area contributed by atoms with Crippen LogP contribution in [0.2, 0.25) is 5.02 Å². The monoisotopic (exact) mass is 497 g/mol. The molecule has 0 spiro atoms. The van der Waals surface area contributed by atoms with Crippen molar-refractivity contribution in [2.75, 3.05) is 26.2 Å². The highest BCUT2D eigenvalue weighted by Crippen LogP contribution is 2.40. The van der Waals surface area contributed by atoms with E-state index in [-0.39, 0.29) is 9.99 Å². The highest BCUT2D eigenvalue weighted by molar-refractivity contribution is 7.91. The summed E-state index contributed by atoms with van der Waals surface area (Å²) < 4.78 is 38.9. The number of fused-ring (bicyclic) bond motifs is 1. The van der Waals surface area contributed by atoms with Gasteiger partial charge in [0, 0.05) is 22.5 Å². The second-order valence-corrected chi connectivity index (χ2v) is 10.3. The molecule has 0 aliphatic rings. The fraction of sp³-hybridized carbons (Fsp3) is 0.259. The molecule has 0 aliphatic carbocycles. The number of para-hydroxylation sites is 1. The molecule has 0 saturated heterocycles. The number of hydrogen-bond donors (Lipinski definition) is 0. The molecule has 0 aliphatic heterocycles. The van der Waals surface area contributed by atoms with Crippen LogP contribution in [0.5, 0.6) is 5.75 Å². The summed E-state index contributed by atoms with van der Waals surface area (Å²) in [6.07, 6.45) is 0.908. The maximum absolute atomic E-state index is 13.6. The van der Waals surface area contributed by atoms with Gasteiger partial charge in [-0.2, -0.15) is 0 Å². The van der Waals surface area contributed by atoms with Crippen molar-refractivity contribution in [2.24, 2.45) is 0 Å². The molecule has 0 amide bonds. The number of sulfone groups is 1. The smallest absolute Gasteiger partial charge is 0.240 e. The Balaban J connectivity index is 1.60. The van der Waals surface area contributed by atoms with Crippen LogP contribution in [0.3, 0.4) is 0 Å². The van der Waals surface area contributed by atoms with Gasteiger partial charge in [-0.3, -0.25) is 0 Å². The van der Waals surface area contributed by atoms with E-state index < -0.39 is 9.84 Å². The second kappa shape index (κ2) is 10.6. The Bertz CT molecular complexity index is 1340. The summed E-state index contributed by atoms with van der Waals surface area (Å²) in [5.41, 5.74) is 1.77. The lowest BCUT2D eigenvalue weighted by Crippen LogP contribution is -2.25. The Labute approximate surface area is 205 Å². The zero-order valence-electron chi connectivity index (χ0n) is 19.3. The highest BCUT2D eigenvalue weighted by atomic mass is 35.5. The summed E-state index contributed by atoms with van der Waals surface area (Å²) in [5, 5.41) is 1.23. The minimum atomic E-state index is -3.91. The molecule has 7 heteroatoms. The lowest BCUT2D eigenvalue weighted by atomic mass is 10.1. The van der Waals surface area contributed by atoms with E-state index in [1.807, 2.05) is 18.2 Å². The normalized spacial score (nSPS) is 11.9. The Hall–Kier alpha value is -2.80. The van der Waals surface area contributed by atoms with Gasteiger partial charge in [0.1, 0.15) is 11.3 Å². The summed E-state index contributed by atoms with van der Waals surface area (Å²) in [7, 11) is -3.91. The van der Waals surface area contributed by atoms with Gasteiger partial charge in [-0.25, -0.2) is 8.42 Å². The van der Waals surface area contributed by atoms with Crippen molar-refractivity contribution in [3.8, 4) is 16.9 Å². The van der Waals surface area contributed by atoms with Crippen molar-refractivity contribution < 1.29 is 17.6 Å². The van der Waals surface area contributed by atoms with Crippen molar-refractivity contribution in [2.45, 2.75) is 30.3 Å². The molecule has 5 nitrogen and oxygen atoms in total. The van der Waals surface area contributed by atoms with E-state index in [0.29, 0.717) is 28.5 Å². The maximum Gasteiger partial charge on any atom is 0.240 e. The zero-order valence-corrected chi connectivity index (χ0v) is 20.9. The van der Waals surface area contributed by atoms with Crippen LogP contribution in [0, 0.1) is 0 Å². The van der Waals surface area contributed by atoms with E-state index in [1.54, 1.807) is 54.6 Å². The van der Waals surface area contributed by atoms with Crippen LogP contribution in [-0.2, 0) is 9.84 Å². The Morgan fingerprint density at radius 1 is 0.912 bits per heavy atom. The molecule has 0 N–H and O–H groups in total. The van der Waals surface area contributed by atoms with Gasteiger partial charge >= 0.3 is 0 Å². The molecule has 3 aromatic carbocycles. The number of hydrogen-bond acceptors (Lipinski definition) is 5.